The van der Waals surface area contributed by atoms with E-state index >= 15 is 0 Å². The van der Waals surface area contributed by atoms with Crippen molar-refractivity contribution in [2.45, 2.75) is 38.6 Å². The van der Waals surface area contributed by atoms with Crippen LogP contribution in [0.5, 0.6) is 0 Å². The number of H-pyrrole nitrogens is 1. The van der Waals surface area contributed by atoms with Crippen LogP contribution in [0, 0.1) is 11.3 Å². The van der Waals surface area contributed by atoms with Gasteiger partial charge in [-0.2, -0.15) is 0 Å². The fourth-order valence-electron chi connectivity index (χ4n) is 4.25. The first-order chi connectivity index (χ1) is 9.65. The number of carbonyl (C=O) groups is 1. The van der Waals surface area contributed by atoms with Crippen molar-refractivity contribution in [1.29, 1.82) is 0 Å². The number of carbonyl (C=O) groups excluding carboxylic acids is 1. The number of nitrogens with zero attached hydrogens (tertiary/aromatic N) is 1. The van der Waals surface area contributed by atoms with Gasteiger partial charge in [0.05, 0.1) is 5.52 Å². The molecule has 2 aliphatic carbocycles. The molecule has 1 spiro atoms. The third-order valence-electron chi connectivity index (χ3n) is 4.95. The molecule has 104 valence electrons. The maximum absolute atomic E-state index is 12.3. The molecule has 20 heavy (non-hydrogen) atoms. The summed E-state index contributed by atoms with van der Waals surface area (Å²) in [6, 6.07) is 4.21. The van der Waals surface area contributed by atoms with Crippen molar-refractivity contribution in [3.05, 3.63) is 30.2 Å². The highest BCUT2D eigenvalue weighted by molar-refractivity contribution is 6.03. The van der Waals surface area contributed by atoms with Crippen LogP contribution in [0.2, 0.25) is 0 Å². The maximum Gasteiger partial charge on any atom is 0.272 e. The fraction of sp³-hybridized carbons (Fsp3) is 0.500. The van der Waals surface area contributed by atoms with E-state index in [-0.39, 0.29) is 5.91 Å². The highest BCUT2D eigenvalue weighted by atomic mass is 16.2. The minimum Gasteiger partial charge on any atom is -0.359 e. The average molecular weight is 269 g/mol. The van der Waals surface area contributed by atoms with Crippen LogP contribution in [-0.4, -0.2) is 21.9 Å². The molecule has 2 aromatic heterocycles. The molecular weight excluding hydrogens is 250 g/mol. The monoisotopic (exact) mass is 269 g/mol. The zero-order chi connectivity index (χ0) is 13.7. The van der Waals surface area contributed by atoms with E-state index in [0.29, 0.717) is 17.2 Å². The Morgan fingerprint density at radius 1 is 1.35 bits per heavy atom. The van der Waals surface area contributed by atoms with Crippen LogP contribution in [0.15, 0.2) is 24.5 Å². The van der Waals surface area contributed by atoms with Crippen molar-refractivity contribution in [1.82, 2.24) is 15.3 Å². The molecule has 4 rings (SSSR count). The number of aromatic amines is 1. The van der Waals surface area contributed by atoms with Gasteiger partial charge in [-0.25, -0.2) is 4.98 Å². The Kier molecular flexibility index (Phi) is 2.43. The summed E-state index contributed by atoms with van der Waals surface area (Å²) < 4.78 is 0. The molecule has 4 heteroatoms. The lowest BCUT2D eigenvalue weighted by Crippen LogP contribution is -2.55. The Labute approximate surface area is 118 Å². The summed E-state index contributed by atoms with van der Waals surface area (Å²) in [6.45, 7) is 2.31. The Bertz CT molecular complexity index is 661. The van der Waals surface area contributed by atoms with Gasteiger partial charge in [-0.05, 0) is 49.1 Å². The third-order valence-corrected chi connectivity index (χ3v) is 4.95. The lowest BCUT2D eigenvalue weighted by Gasteiger charge is -2.57. The molecule has 2 aliphatic rings. The number of hydrogen-bond donors (Lipinski definition) is 2. The zero-order valence-corrected chi connectivity index (χ0v) is 11.6. The lowest BCUT2D eigenvalue weighted by atomic mass is 9.50. The molecule has 2 N–H and O–H groups in total. The number of pyridine rings is 1. The molecule has 0 bridgehead atoms. The van der Waals surface area contributed by atoms with Crippen molar-refractivity contribution in [2.24, 2.45) is 11.3 Å². The summed E-state index contributed by atoms with van der Waals surface area (Å²) in [7, 11) is 0. The van der Waals surface area contributed by atoms with Crippen molar-refractivity contribution >= 4 is 16.8 Å². The standard InChI is InChI=1S/C16H19N3O/c1-10-6-16(7-10)8-12(9-16)19-15(20)14-13-11(2-4-17-13)3-5-18-14/h2-5,10,12,17H,6-9H2,1H3,(H,19,20). The summed E-state index contributed by atoms with van der Waals surface area (Å²) in [6.07, 6.45) is 8.50. The van der Waals surface area contributed by atoms with Gasteiger partial charge in [0.15, 0.2) is 5.69 Å². The van der Waals surface area contributed by atoms with Crippen LogP contribution in [-0.2, 0) is 0 Å². The summed E-state index contributed by atoms with van der Waals surface area (Å²) in [4.78, 5) is 19.7. The van der Waals surface area contributed by atoms with Gasteiger partial charge in [-0.15, -0.1) is 0 Å². The van der Waals surface area contributed by atoms with Gasteiger partial charge in [-0.1, -0.05) is 6.92 Å². The first-order valence-corrected chi connectivity index (χ1v) is 7.38. The highest BCUT2D eigenvalue weighted by Gasteiger charge is 2.51. The Balaban J connectivity index is 1.45. The van der Waals surface area contributed by atoms with Gasteiger partial charge in [0, 0.05) is 23.8 Å². The molecule has 0 unspecified atom stereocenters. The first-order valence-electron chi connectivity index (χ1n) is 7.38. The summed E-state index contributed by atoms with van der Waals surface area (Å²) >= 11 is 0. The van der Waals surface area contributed by atoms with E-state index in [1.165, 1.54) is 12.8 Å². The average Bonchev–Trinajstić information content (AvgIpc) is 2.82. The number of fused-ring (bicyclic) bond motifs is 1. The SMILES string of the molecule is CC1CC2(C1)CC(NC(=O)c1nccc3cc[nH]c13)C2. The van der Waals surface area contributed by atoms with E-state index in [0.717, 1.165) is 29.7 Å². The molecule has 2 heterocycles. The van der Waals surface area contributed by atoms with E-state index in [4.69, 9.17) is 0 Å². The first kappa shape index (κ1) is 11.9. The second-order valence-corrected chi connectivity index (χ2v) is 6.69. The fourth-order valence-corrected chi connectivity index (χ4v) is 4.25. The molecule has 2 aromatic rings. The van der Waals surface area contributed by atoms with Gasteiger partial charge in [0.1, 0.15) is 0 Å². The molecule has 0 radical (unpaired) electrons. The molecule has 1 amide bonds. The normalized spacial score (nSPS) is 31.9. The molecule has 2 saturated carbocycles. The highest BCUT2D eigenvalue weighted by Crippen LogP contribution is 2.58. The Hall–Kier alpha value is -1.84. The van der Waals surface area contributed by atoms with E-state index in [1.807, 2.05) is 18.3 Å². The molecule has 0 saturated heterocycles. The van der Waals surface area contributed by atoms with Crippen molar-refractivity contribution in [3.63, 3.8) is 0 Å². The number of hydrogen-bond acceptors (Lipinski definition) is 2. The Morgan fingerprint density at radius 2 is 2.15 bits per heavy atom. The predicted molar refractivity (Wildman–Crippen MR) is 77.4 cm³/mol. The van der Waals surface area contributed by atoms with E-state index in [1.54, 1.807) is 6.20 Å². The van der Waals surface area contributed by atoms with Gasteiger partial charge >= 0.3 is 0 Å². The van der Waals surface area contributed by atoms with Crippen LogP contribution in [0.1, 0.15) is 43.1 Å². The van der Waals surface area contributed by atoms with Gasteiger partial charge < -0.3 is 10.3 Å². The van der Waals surface area contributed by atoms with E-state index in [2.05, 4.69) is 22.2 Å². The number of amides is 1. The van der Waals surface area contributed by atoms with Gasteiger partial charge in [0.25, 0.3) is 5.91 Å². The minimum atomic E-state index is -0.0507. The lowest BCUT2D eigenvalue weighted by molar-refractivity contribution is -0.0399. The van der Waals surface area contributed by atoms with Crippen LogP contribution in [0.4, 0.5) is 0 Å². The van der Waals surface area contributed by atoms with Crippen molar-refractivity contribution < 1.29 is 4.79 Å². The van der Waals surface area contributed by atoms with Gasteiger partial charge in [-0.3, -0.25) is 4.79 Å². The molecule has 2 fully saturated rings. The van der Waals surface area contributed by atoms with Crippen LogP contribution >= 0.6 is 0 Å². The largest absolute Gasteiger partial charge is 0.359 e. The summed E-state index contributed by atoms with van der Waals surface area (Å²) in [5, 5.41) is 4.16. The number of rotatable bonds is 2. The molecule has 0 aliphatic heterocycles. The maximum atomic E-state index is 12.3. The third kappa shape index (κ3) is 1.74. The van der Waals surface area contributed by atoms with Gasteiger partial charge in [0.2, 0.25) is 0 Å². The molecule has 4 nitrogen and oxygen atoms in total. The van der Waals surface area contributed by atoms with Crippen LogP contribution < -0.4 is 5.32 Å². The van der Waals surface area contributed by atoms with Crippen molar-refractivity contribution in [3.8, 4) is 0 Å². The smallest absolute Gasteiger partial charge is 0.272 e. The topological polar surface area (TPSA) is 57.8 Å². The number of aromatic nitrogens is 2. The molecular formula is C16H19N3O. The van der Waals surface area contributed by atoms with E-state index < -0.39 is 0 Å². The number of nitrogens with one attached hydrogen (secondary N) is 2. The second-order valence-electron chi connectivity index (χ2n) is 6.69. The van der Waals surface area contributed by atoms with Crippen molar-refractivity contribution in [2.75, 3.05) is 0 Å². The Morgan fingerprint density at radius 3 is 2.90 bits per heavy atom. The van der Waals surface area contributed by atoms with E-state index in [9.17, 15) is 4.79 Å². The molecule has 0 atom stereocenters. The summed E-state index contributed by atoms with van der Waals surface area (Å²) in [5.41, 5.74) is 1.90. The van der Waals surface area contributed by atoms with Crippen LogP contribution in [0.25, 0.3) is 10.9 Å². The second kappa shape index (κ2) is 4.08. The minimum absolute atomic E-state index is 0.0507. The molecule has 0 aromatic carbocycles. The zero-order valence-electron chi connectivity index (χ0n) is 11.6. The quantitative estimate of drug-likeness (QED) is 0.880. The predicted octanol–water partition coefficient (Wildman–Crippen LogP) is 2.87. The summed E-state index contributed by atoms with van der Waals surface area (Å²) in [5.74, 6) is 0.825. The van der Waals surface area contributed by atoms with Crippen LogP contribution in [0.3, 0.4) is 0 Å².